The van der Waals surface area contributed by atoms with Gasteiger partial charge in [0.15, 0.2) is 0 Å². The van der Waals surface area contributed by atoms with Crippen LogP contribution in [0.1, 0.15) is 96.4 Å². The summed E-state index contributed by atoms with van der Waals surface area (Å²) in [6.07, 6.45) is 10.9. The fourth-order valence-corrected chi connectivity index (χ4v) is 11.4. The molecule has 4 aromatic rings. The molecule has 74 heavy (non-hydrogen) atoms. The molecule has 10 rings (SSSR count). The van der Waals surface area contributed by atoms with E-state index in [2.05, 4.69) is 61.8 Å². The first-order chi connectivity index (χ1) is 35.5. The summed E-state index contributed by atoms with van der Waals surface area (Å²) in [7, 11) is 0. The first kappa shape index (κ1) is 54.6. The van der Waals surface area contributed by atoms with Gasteiger partial charge in [-0.05, 0) is 99.7 Å². The van der Waals surface area contributed by atoms with Crippen molar-refractivity contribution >= 4 is 54.3 Å². The van der Waals surface area contributed by atoms with Crippen LogP contribution >= 0.6 is 13.5 Å². The van der Waals surface area contributed by atoms with Gasteiger partial charge in [0.25, 0.3) is 11.5 Å². The number of carbonyl (C=O) groups excluding carboxylic acids is 5. The molecule has 0 spiro atoms. The van der Waals surface area contributed by atoms with Crippen molar-refractivity contribution in [3.63, 3.8) is 0 Å². The van der Waals surface area contributed by atoms with Crippen molar-refractivity contribution in [2.45, 2.75) is 89.1 Å². The Balaban J connectivity index is 0.000000321. The quantitative estimate of drug-likeness (QED) is 0.146. The zero-order valence-corrected chi connectivity index (χ0v) is 44.0. The molecule has 5 amide bonds. The van der Waals surface area contributed by atoms with E-state index in [1.807, 2.05) is 21.9 Å². The maximum atomic E-state index is 15.0. The normalized spacial score (nSPS) is 19.7. The van der Waals surface area contributed by atoms with E-state index in [0.29, 0.717) is 105 Å². The van der Waals surface area contributed by atoms with Crippen LogP contribution in [0, 0.1) is 24.6 Å². The summed E-state index contributed by atoms with van der Waals surface area (Å²) < 4.78 is 15.0. The molecule has 4 aliphatic heterocycles. The molecule has 2 aliphatic carbocycles. The van der Waals surface area contributed by atoms with E-state index in [1.165, 1.54) is 36.5 Å². The summed E-state index contributed by atoms with van der Waals surface area (Å²) in [6, 6.07) is 20.5. The molecule has 1 aromatic heterocycles. The van der Waals surface area contributed by atoms with E-state index in [4.69, 9.17) is 0 Å². The number of aromatic nitrogens is 2. The van der Waals surface area contributed by atoms with Gasteiger partial charge in [0.1, 0.15) is 11.9 Å². The van der Waals surface area contributed by atoms with Crippen LogP contribution in [0.5, 0.6) is 0 Å². The molecule has 1 atom stereocenters. The molecular formula is C56H75FN10O6S. The Hall–Kier alpha value is -5.69. The lowest BCUT2D eigenvalue weighted by atomic mass is 9.83. The molecule has 18 heteroatoms. The molecule has 16 nitrogen and oxygen atoms in total. The molecule has 0 radical (unpaired) electrons. The SMILES string of the molecule is Cc1cccc(C2CN(C(=O)CNC3CC3)C2)c1.O=CNC(C(=O)N1CCN(CC2CCN(CC(=O)N3CCN(C(=O)c4cc(Cc5n[nH]c(=O)c6ccccc56)ccc4F)CC3)CC2)CC1)C1CCCCC1.S. The topological polar surface area (TPSA) is 175 Å². The number of H-pyrrole nitrogens is 1. The van der Waals surface area contributed by atoms with Gasteiger partial charge < -0.3 is 30.2 Å². The zero-order chi connectivity index (χ0) is 50.8. The van der Waals surface area contributed by atoms with E-state index in [9.17, 15) is 33.2 Å². The van der Waals surface area contributed by atoms with Crippen LogP contribution in [-0.4, -0.2) is 180 Å². The number of rotatable bonds is 15. The molecule has 0 bridgehead atoms. The lowest BCUT2D eigenvalue weighted by Gasteiger charge is -2.41. The maximum absolute atomic E-state index is 15.0. The first-order valence-electron chi connectivity index (χ1n) is 26.8. The highest BCUT2D eigenvalue weighted by Crippen LogP contribution is 2.30. The van der Waals surface area contributed by atoms with Crippen LogP contribution < -0.4 is 16.2 Å². The lowest BCUT2D eigenvalue weighted by Crippen LogP contribution is -2.56. The summed E-state index contributed by atoms with van der Waals surface area (Å²) >= 11 is 0. The summed E-state index contributed by atoms with van der Waals surface area (Å²) in [5, 5.41) is 14.1. The third-order valence-corrected chi connectivity index (χ3v) is 16.1. The number of piperidine rings is 1. The van der Waals surface area contributed by atoms with Crippen LogP contribution in [0.3, 0.4) is 0 Å². The first-order valence-corrected chi connectivity index (χ1v) is 26.8. The number of hydrogen-bond donors (Lipinski definition) is 3. The Bertz CT molecular complexity index is 2630. The fourth-order valence-electron chi connectivity index (χ4n) is 11.4. The second-order valence-electron chi connectivity index (χ2n) is 21.3. The highest BCUT2D eigenvalue weighted by molar-refractivity contribution is 7.59. The number of nitrogens with zero attached hydrogens (tertiary/aromatic N) is 7. The van der Waals surface area contributed by atoms with Gasteiger partial charge in [-0.15, -0.1) is 0 Å². The van der Waals surface area contributed by atoms with Crippen LogP contribution in [0.2, 0.25) is 0 Å². The average Bonchev–Trinajstić information content (AvgIpc) is 4.24. The van der Waals surface area contributed by atoms with Gasteiger partial charge in [0.05, 0.1) is 29.7 Å². The summed E-state index contributed by atoms with van der Waals surface area (Å²) in [4.78, 5) is 87.5. The molecular weight excluding hydrogens is 960 g/mol. The molecule has 2 saturated carbocycles. The third-order valence-electron chi connectivity index (χ3n) is 16.1. The van der Waals surface area contributed by atoms with E-state index in [-0.39, 0.29) is 48.3 Å². The highest BCUT2D eigenvalue weighted by atomic mass is 32.1. The van der Waals surface area contributed by atoms with Crippen molar-refractivity contribution in [1.29, 1.82) is 0 Å². The van der Waals surface area contributed by atoms with E-state index >= 15 is 0 Å². The minimum absolute atomic E-state index is 0. The number of aryl methyl sites for hydroxylation is 1. The lowest BCUT2D eigenvalue weighted by molar-refractivity contribution is -0.138. The summed E-state index contributed by atoms with van der Waals surface area (Å²) in [5.74, 6) is 0.685. The molecule has 4 saturated heterocycles. The smallest absolute Gasteiger partial charge is 0.272 e. The molecule has 5 heterocycles. The Morgan fingerprint density at radius 3 is 2.12 bits per heavy atom. The predicted octanol–water partition coefficient (Wildman–Crippen LogP) is 4.27. The minimum atomic E-state index is -0.598. The van der Waals surface area contributed by atoms with Gasteiger partial charge in [0.2, 0.25) is 24.1 Å². The minimum Gasteiger partial charge on any atom is -0.347 e. The molecule has 3 N–H and O–H groups in total. The number of carbonyl (C=O) groups is 5. The summed E-state index contributed by atoms with van der Waals surface area (Å²) in [5.41, 5.74) is 3.71. The fraction of sp³-hybridized carbons (Fsp3) is 0.554. The number of piperazine rings is 2. The molecule has 398 valence electrons. The van der Waals surface area contributed by atoms with E-state index < -0.39 is 17.8 Å². The van der Waals surface area contributed by atoms with Gasteiger partial charge in [-0.2, -0.15) is 18.6 Å². The second-order valence-corrected chi connectivity index (χ2v) is 21.3. The van der Waals surface area contributed by atoms with Crippen LogP contribution in [0.15, 0.2) is 71.5 Å². The number of likely N-dealkylation sites (tertiary alicyclic amines) is 2. The van der Waals surface area contributed by atoms with Gasteiger partial charge in [-0.25, -0.2) is 9.49 Å². The largest absolute Gasteiger partial charge is 0.347 e. The van der Waals surface area contributed by atoms with Crippen LogP contribution in [0.4, 0.5) is 4.39 Å². The predicted molar refractivity (Wildman–Crippen MR) is 288 cm³/mol. The van der Waals surface area contributed by atoms with Crippen LogP contribution in [0.25, 0.3) is 10.8 Å². The van der Waals surface area contributed by atoms with E-state index in [0.717, 1.165) is 84.3 Å². The third kappa shape index (κ3) is 14.0. The standard InChI is InChI=1S/C41H53FN8O5.C15H20N2O.H2S/c42-35-11-10-30(25-36-32-8-4-5-9-33(32)39(53)45-44-36)24-34(35)40(54)49-22-20-48(21-23-49)37(52)27-46-14-12-29(13-15-46)26-47-16-18-50(19-17-47)41(55)38(43-28-51)31-6-2-1-3-7-31;1-11-3-2-4-12(7-11)13-9-17(10-13)15(18)8-16-14-5-6-14;/h4-5,8-11,24,28-29,31,38H,1-3,6-7,12-23,25-27H2,(H,43,51)(H,45,53);2-4,7,13-14,16H,5-6,8-10H2,1H3;1H2. The van der Waals surface area contributed by atoms with Gasteiger partial charge in [-0.3, -0.25) is 38.6 Å². The number of nitrogens with one attached hydrogen (secondary N) is 3. The zero-order valence-electron chi connectivity index (χ0n) is 43.0. The van der Waals surface area contributed by atoms with Crippen molar-refractivity contribution in [3.8, 4) is 0 Å². The van der Waals surface area contributed by atoms with Crippen molar-refractivity contribution in [1.82, 2.24) is 50.2 Å². The van der Waals surface area contributed by atoms with Crippen molar-refractivity contribution < 1.29 is 28.4 Å². The Morgan fingerprint density at radius 2 is 1.43 bits per heavy atom. The Kier molecular flexibility index (Phi) is 19.0. The highest BCUT2D eigenvalue weighted by Gasteiger charge is 2.36. The number of aromatic amines is 1. The van der Waals surface area contributed by atoms with Crippen molar-refractivity contribution in [2.24, 2.45) is 11.8 Å². The second kappa shape index (κ2) is 25.7. The molecule has 6 fully saturated rings. The summed E-state index contributed by atoms with van der Waals surface area (Å²) in [6.45, 7) is 11.9. The monoisotopic (exact) mass is 1030 g/mol. The number of benzene rings is 3. The Labute approximate surface area is 441 Å². The van der Waals surface area contributed by atoms with Crippen LogP contribution in [-0.2, 0) is 25.6 Å². The average molecular weight is 1040 g/mol. The van der Waals surface area contributed by atoms with Gasteiger partial charge in [0, 0.05) is 95.8 Å². The maximum Gasteiger partial charge on any atom is 0.272 e. The van der Waals surface area contributed by atoms with Crippen molar-refractivity contribution in [2.75, 3.05) is 98.2 Å². The van der Waals surface area contributed by atoms with Gasteiger partial charge >= 0.3 is 0 Å². The number of amides is 5. The number of hydrogen-bond acceptors (Lipinski definition) is 10. The number of halogens is 1. The number of fused-ring (bicyclic) bond motifs is 1. The van der Waals surface area contributed by atoms with E-state index in [1.54, 1.807) is 34.1 Å². The van der Waals surface area contributed by atoms with Gasteiger partial charge in [-0.1, -0.05) is 73.4 Å². The Morgan fingerprint density at radius 1 is 0.743 bits per heavy atom. The molecule has 6 aliphatic rings. The van der Waals surface area contributed by atoms with Crippen molar-refractivity contribution in [3.05, 3.63) is 111 Å². The molecule has 1 unspecified atom stereocenters. The molecule has 3 aromatic carbocycles.